The van der Waals surface area contributed by atoms with Gasteiger partial charge in [0.2, 0.25) is 0 Å². The van der Waals surface area contributed by atoms with E-state index < -0.39 is 0 Å². The summed E-state index contributed by atoms with van der Waals surface area (Å²) in [4.78, 5) is 4.53. The van der Waals surface area contributed by atoms with E-state index >= 15 is 0 Å². The van der Waals surface area contributed by atoms with Gasteiger partial charge in [0, 0.05) is 26.0 Å². The number of rotatable bonds is 3. The van der Waals surface area contributed by atoms with Gasteiger partial charge in [0.05, 0.1) is 15.1 Å². The molecule has 0 saturated carbocycles. The van der Waals surface area contributed by atoms with Crippen LogP contribution in [-0.2, 0) is 0 Å². The molecule has 0 radical (unpaired) electrons. The van der Waals surface area contributed by atoms with Gasteiger partial charge in [-0.2, -0.15) is 0 Å². The highest BCUT2D eigenvalue weighted by molar-refractivity contribution is 5.75. The first-order valence-electron chi connectivity index (χ1n) is 3.95. The molecule has 1 rings (SSSR count). The largest absolute Gasteiger partial charge is 0.362 e. The molecule has 0 unspecified atom stereocenters. The first kappa shape index (κ1) is 10.4. The maximum atomic E-state index is 2.34. The highest BCUT2D eigenvalue weighted by Gasteiger charge is 2.05. The zero-order chi connectivity index (χ0) is 7.40. The molecule has 0 aromatic carbocycles. The van der Waals surface area contributed by atoms with Crippen LogP contribution in [0, 0.1) is 0 Å². The second kappa shape index (κ2) is 5.11. The fourth-order valence-corrected chi connectivity index (χ4v) is 1.10. The minimum Gasteiger partial charge on any atom is -0.362 e. The normalized spacial score (nSPS) is 15.5. The molecule has 0 aromatic heterocycles. The van der Waals surface area contributed by atoms with Crippen molar-refractivity contribution in [3.05, 3.63) is 12.4 Å². The van der Waals surface area contributed by atoms with Crippen molar-refractivity contribution in [3.63, 3.8) is 0 Å². The van der Waals surface area contributed by atoms with Crippen molar-refractivity contribution in [3.8, 4) is 0 Å². The fraction of sp³-hybridized carbons (Fsp3) is 0.750. The number of hydrogen-bond donors (Lipinski definition) is 0. The van der Waals surface area contributed by atoms with E-state index in [2.05, 4.69) is 36.2 Å². The lowest BCUT2D eigenvalue weighted by molar-refractivity contribution is 0.293. The Hall–Kier alpha value is -0.595. The summed E-state index contributed by atoms with van der Waals surface area (Å²) in [5.74, 6) is 0. The maximum absolute atomic E-state index is 2.34. The Morgan fingerprint density at radius 3 is 2.55 bits per heavy atom. The Kier molecular flexibility index (Phi) is 4.83. The quantitative estimate of drug-likeness (QED) is 0.538. The molecule has 64 valence electrons. The van der Waals surface area contributed by atoms with Crippen molar-refractivity contribution in [1.29, 1.82) is 0 Å². The van der Waals surface area contributed by atoms with Gasteiger partial charge in [-0.25, -0.2) is 0 Å². The SMILES string of the molecule is B.CCCCN1C=CN(C)C1. The molecule has 0 N–H and O–H groups in total. The molecule has 11 heavy (non-hydrogen) atoms. The monoisotopic (exact) mass is 154 g/mol. The first-order chi connectivity index (χ1) is 4.83. The first-order valence-corrected chi connectivity index (χ1v) is 3.95. The van der Waals surface area contributed by atoms with Gasteiger partial charge in [-0.3, -0.25) is 0 Å². The summed E-state index contributed by atoms with van der Waals surface area (Å²) in [6.07, 6.45) is 6.87. The van der Waals surface area contributed by atoms with Crippen LogP contribution in [-0.4, -0.2) is 38.5 Å². The minimum absolute atomic E-state index is 0. The summed E-state index contributed by atoms with van der Waals surface area (Å²) >= 11 is 0. The van der Waals surface area contributed by atoms with E-state index in [1.54, 1.807) is 0 Å². The molecule has 0 atom stereocenters. The number of nitrogens with zero attached hydrogens (tertiary/aromatic N) is 2. The van der Waals surface area contributed by atoms with E-state index in [0.717, 1.165) is 6.67 Å². The van der Waals surface area contributed by atoms with Gasteiger partial charge in [-0.1, -0.05) is 13.3 Å². The molecule has 0 aromatic rings. The van der Waals surface area contributed by atoms with Gasteiger partial charge in [0.15, 0.2) is 0 Å². The van der Waals surface area contributed by atoms with Crippen LogP contribution in [0.25, 0.3) is 0 Å². The van der Waals surface area contributed by atoms with Crippen LogP contribution in [0.4, 0.5) is 0 Å². The molecule has 0 spiro atoms. The Bertz CT molecular complexity index is 125. The Labute approximate surface area is 71.4 Å². The highest BCUT2D eigenvalue weighted by atomic mass is 15.3. The van der Waals surface area contributed by atoms with Gasteiger partial charge in [0.25, 0.3) is 0 Å². The molecule has 2 nitrogen and oxygen atoms in total. The van der Waals surface area contributed by atoms with E-state index in [1.807, 2.05) is 0 Å². The highest BCUT2D eigenvalue weighted by Crippen LogP contribution is 2.04. The lowest BCUT2D eigenvalue weighted by Gasteiger charge is -2.17. The molecular formula is C8H19BN2. The third-order valence-electron chi connectivity index (χ3n) is 1.74. The Balaban J connectivity index is 0.000001000. The van der Waals surface area contributed by atoms with Crippen LogP contribution in [0.1, 0.15) is 19.8 Å². The van der Waals surface area contributed by atoms with Crippen molar-refractivity contribution in [2.75, 3.05) is 20.3 Å². The molecule has 1 aliphatic rings. The zero-order valence-corrected chi connectivity index (χ0v) is 6.88. The van der Waals surface area contributed by atoms with Crippen LogP contribution in [0.5, 0.6) is 0 Å². The lowest BCUT2D eigenvalue weighted by Crippen LogP contribution is -2.23. The van der Waals surface area contributed by atoms with Crippen LogP contribution < -0.4 is 0 Å². The van der Waals surface area contributed by atoms with E-state index in [1.165, 1.54) is 19.4 Å². The maximum Gasteiger partial charge on any atom is 0.0890 e. The second-order valence-corrected chi connectivity index (χ2v) is 2.86. The summed E-state index contributed by atoms with van der Waals surface area (Å²) < 4.78 is 0. The Morgan fingerprint density at radius 1 is 1.36 bits per heavy atom. The van der Waals surface area contributed by atoms with Crippen LogP contribution in [0.15, 0.2) is 12.4 Å². The summed E-state index contributed by atoms with van der Waals surface area (Å²) in [6, 6.07) is 0. The van der Waals surface area contributed by atoms with Crippen molar-refractivity contribution in [2.45, 2.75) is 19.8 Å². The van der Waals surface area contributed by atoms with Crippen LogP contribution in [0.3, 0.4) is 0 Å². The van der Waals surface area contributed by atoms with Crippen molar-refractivity contribution in [2.24, 2.45) is 0 Å². The van der Waals surface area contributed by atoms with E-state index in [4.69, 9.17) is 0 Å². The zero-order valence-electron chi connectivity index (χ0n) is 6.88. The number of hydrogen-bond acceptors (Lipinski definition) is 2. The van der Waals surface area contributed by atoms with Crippen molar-refractivity contribution < 1.29 is 0 Å². The van der Waals surface area contributed by atoms with Crippen molar-refractivity contribution in [1.82, 2.24) is 9.80 Å². The van der Waals surface area contributed by atoms with Crippen molar-refractivity contribution >= 4 is 8.41 Å². The van der Waals surface area contributed by atoms with Gasteiger partial charge in [-0.15, -0.1) is 0 Å². The summed E-state index contributed by atoms with van der Waals surface area (Å²) in [7, 11) is 2.10. The molecule has 0 bridgehead atoms. The summed E-state index contributed by atoms with van der Waals surface area (Å²) in [5, 5.41) is 0. The molecule has 1 heterocycles. The molecule has 3 heteroatoms. The van der Waals surface area contributed by atoms with Gasteiger partial charge in [0.1, 0.15) is 0 Å². The molecule has 0 saturated heterocycles. The van der Waals surface area contributed by atoms with Crippen LogP contribution >= 0.6 is 0 Å². The Morgan fingerprint density at radius 2 is 2.09 bits per heavy atom. The van der Waals surface area contributed by atoms with E-state index in [9.17, 15) is 0 Å². The predicted octanol–water partition coefficient (Wildman–Crippen LogP) is 0.279. The smallest absolute Gasteiger partial charge is 0.0890 e. The van der Waals surface area contributed by atoms with Gasteiger partial charge in [-0.05, 0) is 6.42 Å². The fourth-order valence-electron chi connectivity index (χ4n) is 1.10. The summed E-state index contributed by atoms with van der Waals surface area (Å²) in [6.45, 7) is 4.50. The predicted molar refractivity (Wildman–Crippen MR) is 53.3 cm³/mol. The standard InChI is InChI=1S/C8H16N2.BH3/c1-3-4-5-10-7-6-9(2)8-10;/h6-7H,3-5,8H2,1-2H3;1H3. The molecule has 0 amide bonds. The average Bonchev–Trinajstić information content (AvgIpc) is 2.31. The second-order valence-electron chi connectivity index (χ2n) is 2.86. The summed E-state index contributed by atoms with van der Waals surface area (Å²) in [5.41, 5.74) is 0. The number of unbranched alkanes of at least 4 members (excludes halogenated alkanes) is 1. The van der Waals surface area contributed by atoms with E-state index in [0.29, 0.717) is 0 Å². The molecule has 0 aliphatic carbocycles. The van der Waals surface area contributed by atoms with Gasteiger partial charge >= 0.3 is 0 Å². The third-order valence-corrected chi connectivity index (χ3v) is 1.74. The third kappa shape index (κ3) is 3.35. The molecule has 1 aliphatic heterocycles. The average molecular weight is 154 g/mol. The minimum atomic E-state index is 0. The molecular weight excluding hydrogens is 135 g/mol. The van der Waals surface area contributed by atoms with E-state index in [-0.39, 0.29) is 8.41 Å². The van der Waals surface area contributed by atoms with Crippen LogP contribution in [0.2, 0.25) is 0 Å². The van der Waals surface area contributed by atoms with Gasteiger partial charge < -0.3 is 9.80 Å². The lowest BCUT2D eigenvalue weighted by atomic mass is 10.3. The molecule has 0 fully saturated rings. The topological polar surface area (TPSA) is 6.48 Å².